The molecule has 0 spiro atoms. The van der Waals surface area contributed by atoms with Crippen molar-refractivity contribution in [3.63, 3.8) is 0 Å². The molecule has 0 aromatic heterocycles. The fraction of sp³-hybridized carbons (Fsp3) is 0.261. The van der Waals surface area contributed by atoms with Crippen LogP contribution in [-0.2, 0) is 14.4 Å². The van der Waals surface area contributed by atoms with Gasteiger partial charge in [-0.1, -0.05) is 42.5 Å². The number of aliphatic hydroxyl groups excluding tert-OH is 1. The molecule has 0 saturated carbocycles. The van der Waals surface area contributed by atoms with E-state index >= 15 is 0 Å². The quantitative estimate of drug-likeness (QED) is 0.426. The van der Waals surface area contributed by atoms with Gasteiger partial charge in [-0.15, -0.1) is 0 Å². The number of Topliss-reactive ketones (excluding diaryl/α,β-unsaturated/α-hetero) is 1. The summed E-state index contributed by atoms with van der Waals surface area (Å²) in [6.07, 6.45) is -0.0824. The van der Waals surface area contributed by atoms with Gasteiger partial charge in [0, 0.05) is 37.9 Å². The molecule has 1 unspecified atom stereocenters. The first kappa shape index (κ1) is 21.1. The number of ketones is 1. The molecule has 2 aromatic carbocycles. The maximum atomic E-state index is 12.8. The number of benzene rings is 2. The number of hydrogen-bond donors (Lipinski definition) is 1. The van der Waals surface area contributed by atoms with Crippen LogP contribution in [0.3, 0.4) is 0 Å². The maximum Gasteiger partial charge on any atom is 0.295 e. The van der Waals surface area contributed by atoms with E-state index in [1.165, 1.54) is 4.90 Å². The summed E-state index contributed by atoms with van der Waals surface area (Å²) in [6, 6.07) is 15.1. The summed E-state index contributed by atoms with van der Waals surface area (Å²) >= 11 is 0. The molecular weight excluding hydrogens is 384 g/mol. The molecule has 2 aromatic rings. The second-order valence-electron chi connectivity index (χ2n) is 7.32. The number of carbonyl (C=O) groups is 3. The number of carbonyl (C=O) groups excluding carboxylic acids is 3. The zero-order chi connectivity index (χ0) is 21.8. The van der Waals surface area contributed by atoms with Crippen LogP contribution in [0.25, 0.3) is 5.76 Å². The van der Waals surface area contributed by atoms with Gasteiger partial charge < -0.3 is 24.8 Å². The van der Waals surface area contributed by atoms with Gasteiger partial charge in [0.25, 0.3) is 11.7 Å². The Morgan fingerprint density at radius 3 is 2.27 bits per heavy atom. The molecule has 1 aliphatic rings. The first-order chi connectivity index (χ1) is 14.3. The predicted molar refractivity (Wildman–Crippen MR) is 110 cm³/mol. The van der Waals surface area contributed by atoms with Gasteiger partial charge in [0.2, 0.25) is 0 Å². The highest BCUT2D eigenvalue weighted by Gasteiger charge is 2.45. The summed E-state index contributed by atoms with van der Waals surface area (Å²) in [5.74, 6) is -3.01. The van der Waals surface area contributed by atoms with E-state index in [4.69, 9.17) is 0 Å². The van der Waals surface area contributed by atoms with Crippen LogP contribution in [0.15, 0.2) is 60.2 Å². The highest BCUT2D eigenvalue weighted by atomic mass is 16.4. The number of carboxylic acid groups (broad SMARTS) is 1. The fourth-order valence-corrected chi connectivity index (χ4v) is 3.56. The smallest absolute Gasteiger partial charge is 0.295 e. The van der Waals surface area contributed by atoms with Crippen LogP contribution < -0.4 is 10.0 Å². The first-order valence-corrected chi connectivity index (χ1v) is 9.62. The summed E-state index contributed by atoms with van der Waals surface area (Å²) in [5.41, 5.74) is 2.03. The second kappa shape index (κ2) is 8.82. The summed E-state index contributed by atoms with van der Waals surface area (Å²) in [7, 11) is 3.80. The number of aliphatic carboxylic acids is 1. The van der Waals surface area contributed by atoms with Gasteiger partial charge >= 0.3 is 0 Å². The molecule has 0 aliphatic carbocycles. The average Bonchev–Trinajstić information content (AvgIpc) is 2.98. The minimum absolute atomic E-state index is 0.00254. The molecule has 1 saturated heterocycles. The van der Waals surface area contributed by atoms with Crippen LogP contribution in [0.4, 0.5) is 5.69 Å². The van der Waals surface area contributed by atoms with Gasteiger partial charge in [-0.05, 0) is 30.5 Å². The van der Waals surface area contributed by atoms with Crippen LogP contribution in [0.5, 0.6) is 0 Å². The molecule has 1 N–H and O–H groups in total. The van der Waals surface area contributed by atoms with E-state index in [9.17, 15) is 24.6 Å². The number of likely N-dealkylation sites (tertiary alicyclic amines) is 1. The number of hydrogen-bond acceptors (Lipinski definition) is 6. The largest absolute Gasteiger partial charge is 0.550 e. The number of carboxylic acids is 1. The van der Waals surface area contributed by atoms with E-state index in [1.54, 1.807) is 42.5 Å². The number of rotatable bonds is 7. The normalized spacial score (nSPS) is 17.9. The zero-order valence-electron chi connectivity index (χ0n) is 16.9. The van der Waals surface area contributed by atoms with Crippen LogP contribution in [-0.4, -0.2) is 48.3 Å². The lowest BCUT2D eigenvalue weighted by molar-refractivity contribution is -0.305. The topological polar surface area (TPSA) is 101 Å². The third kappa shape index (κ3) is 4.20. The van der Waals surface area contributed by atoms with E-state index in [0.717, 1.165) is 5.69 Å². The van der Waals surface area contributed by atoms with Gasteiger partial charge in [-0.3, -0.25) is 9.59 Å². The predicted octanol–water partition coefficient (Wildman–Crippen LogP) is 1.70. The Kier molecular flexibility index (Phi) is 6.20. The molecule has 156 valence electrons. The van der Waals surface area contributed by atoms with Gasteiger partial charge in [0.05, 0.1) is 11.6 Å². The molecule has 1 fully saturated rings. The molecule has 0 bridgehead atoms. The molecule has 1 heterocycles. The summed E-state index contributed by atoms with van der Waals surface area (Å²) in [6.45, 7) is 0.0597. The van der Waals surface area contributed by atoms with Crippen molar-refractivity contribution in [3.8, 4) is 0 Å². The monoisotopic (exact) mass is 407 g/mol. The standard InChI is InChI=1S/C23H24N2O5/c1-24(2)17-12-10-15(11-13-17)20-19(21(28)16-7-4-3-5-8-16)22(29)23(30)25(20)14-6-9-18(26)27/h3-5,7-8,10-13,20,28H,6,9,14H2,1-2H3,(H,26,27)/p-1. The Hall–Kier alpha value is -3.61. The van der Waals surface area contributed by atoms with Crippen molar-refractivity contribution in [2.24, 2.45) is 0 Å². The lowest BCUT2D eigenvalue weighted by Gasteiger charge is -2.26. The molecule has 0 radical (unpaired) electrons. The van der Waals surface area contributed by atoms with E-state index in [1.807, 2.05) is 31.1 Å². The van der Waals surface area contributed by atoms with Crippen LogP contribution in [0.1, 0.15) is 30.0 Å². The average molecular weight is 407 g/mol. The molecule has 1 amide bonds. The zero-order valence-corrected chi connectivity index (χ0v) is 16.9. The van der Waals surface area contributed by atoms with Gasteiger partial charge in [0.1, 0.15) is 5.76 Å². The molecule has 1 atom stereocenters. The summed E-state index contributed by atoms with van der Waals surface area (Å²) in [5, 5.41) is 21.7. The van der Waals surface area contributed by atoms with Crippen molar-refractivity contribution in [2.75, 3.05) is 25.5 Å². The lowest BCUT2D eigenvalue weighted by atomic mass is 9.95. The van der Waals surface area contributed by atoms with E-state index in [2.05, 4.69) is 0 Å². The van der Waals surface area contributed by atoms with E-state index in [-0.39, 0.29) is 30.7 Å². The van der Waals surface area contributed by atoms with E-state index in [0.29, 0.717) is 11.1 Å². The van der Waals surface area contributed by atoms with Crippen LogP contribution >= 0.6 is 0 Å². The van der Waals surface area contributed by atoms with Crippen molar-refractivity contribution in [3.05, 3.63) is 71.3 Å². The van der Waals surface area contributed by atoms with Gasteiger partial charge in [-0.2, -0.15) is 0 Å². The Labute approximate surface area is 174 Å². The molecule has 30 heavy (non-hydrogen) atoms. The molecule has 1 aliphatic heterocycles. The van der Waals surface area contributed by atoms with Crippen molar-refractivity contribution in [1.29, 1.82) is 0 Å². The van der Waals surface area contributed by atoms with Crippen molar-refractivity contribution < 1.29 is 24.6 Å². The van der Waals surface area contributed by atoms with Crippen molar-refractivity contribution in [2.45, 2.75) is 18.9 Å². The Morgan fingerprint density at radius 1 is 1.07 bits per heavy atom. The Balaban J connectivity index is 2.08. The second-order valence-corrected chi connectivity index (χ2v) is 7.32. The third-order valence-corrected chi connectivity index (χ3v) is 5.09. The highest BCUT2D eigenvalue weighted by molar-refractivity contribution is 6.46. The van der Waals surface area contributed by atoms with Crippen molar-refractivity contribution >= 4 is 29.1 Å². The fourth-order valence-electron chi connectivity index (χ4n) is 3.56. The SMILES string of the molecule is CN(C)c1ccc(C2C(=C(O)c3ccccc3)C(=O)C(=O)N2CCCC(=O)[O-])cc1. The number of anilines is 1. The van der Waals surface area contributed by atoms with Gasteiger partial charge in [-0.25, -0.2) is 0 Å². The van der Waals surface area contributed by atoms with Crippen molar-refractivity contribution in [1.82, 2.24) is 4.90 Å². The number of nitrogens with zero attached hydrogens (tertiary/aromatic N) is 2. The van der Waals surface area contributed by atoms with Gasteiger partial charge in [0.15, 0.2) is 0 Å². The minimum atomic E-state index is -1.22. The lowest BCUT2D eigenvalue weighted by Crippen LogP contribution is -2.32. The van der Waals surface area contributed by atoms with Crippen LogP contribution in [0, 0.1) is 0 Å². The highest BCUT2D eigenvalue weighted by Crippen LogP contribution is 2.39. The number of aliphatic hydroxyl groups is 1. The maximum absolute atomic E-state index is 12.8. The molecule has 7 nitrogen and oxygen atoms in total. The molecule has 3 rings (SSSR count). The summed E-state index contributed by atoms with van der Waals surface area (Å²) < 4.78 is 0. The molecular formula is C23H23N2O5-. The minimum Gasteiger partial charge on any atom is -0.550 e. The summed E-state index contributed by atoms with van der Waals surface area (Å²) in [4.78, 5) is 39.6. The van der Waals surface area contributed by atoms with E-state index < -0.39 is 23.7 Å². The third-order valence-electron chi connectivity index (χ3n) is 5.09. The Morgan fingerprint density at radius 2 is 1.70 bits per heavy atom. The molecule has 7 heteroatoms. The van der Waals surface area contributed by atoms with Crippen LogP contribution in [0.2, 0.25) is 0 Å². The first-order valence-electron chi connectivity index (χ1n) is 9.62. The number of amides is 1. The Bertz CT molecular complexity index is 980.